The molecule has 5 nitrogen and oxygen atoms in total. The van der Waals surface area contributed by atoms with Crippen LogP contribution in [0.1, 0.15) is 33.1 Å². The second kappa shape index (κ2) is 6.42. The minimum atomic E-state index is -0.998. The summed E-state index contributed by atoms with van der Waals surface area (Å²) in [5, 5.41) is 8.84. The number of rotatable bonds is 4. The lowest BCUT2D eigenvalue weighted by atomic mass is 9.98. The maximum Gasteiger partial charge on any atom is 0.323 e. The molecule has 0 aromatic carbocycles. The Morgan fingerprint density at radius 2 is 1.94 bits per heavy atom. The summed E-state index contributed by atoms with van der Waals surface area (Å²) in [6, 6.07) is 0.140. The third kappa shape index (κ3) is 3.48. The molecular formula is C13H22N2O3. The van der Waals surface area contributed by atoms with Gasteiger partial charge in [0.25, 0.3) is 0 Å². The van der Waals surface area contributed by atoms with E-state index in [0.29, 0.717) is 0 Å². The molecule has 1 saturated heterocycles. The van der Waals surface area contributed by atoms with Crippen molar-refractivity contribution in [1.82, 2.24) is 9.80 Å². The van der Waals surface area contributed by atoms with Gasteiger partial charge in [0.2, 0.25) is 0 Å². The van der Waals surface area contributed by atoms with E-state index < -0.39 is 5.97 Å². The minimum absolute atomic E-state index is 0.169. The molecule has 1 heterocycles. The van der Waals surface area contributed by atoms with E-state index in [4.69, 9.17) is 5.11 Å². The number of aliphatic carboxylic acids is 1. The van der Waals surface area contributed by atoms with E-state index in [1.165, 1.54) is 4.90 Å². The van der Waals surface area contributed by atoms with Gasteiger partial charge in [-0.25, -0.2) is 4.79 Å². The molecule has 1 aliphatic heterocycles. The van der Waals surface area contributed by atoms with Gasteiger partial charge in [0.15, 0.2) is 0 Å². The third-order valence-electron chi connectivity index (χ3n) is 3.36. The number of urea groups is 1. The largest absolute Gasteiger partial charge is 0.480 e. The fourth-order valence-corrected chi connectivity index (χ4v) is 2.49. The number of carboxylic acid groups (broad SMARTS) is 1. The highest BCUT2D eigenvalue weighted by Crippen LogP contribution is 2.23. The molecule has 1 N–H and O–H groups in total. The molecule has 0 unspecified atom stereocenters. The summed E-state index contributed by atoms with van der Waals surface area (Å²) in [5.74, 6) is -0.998. The van der Waals surface area contributed by atoms with Gasteiger partial charge in [0, 0.05) is 18.6 Å². The average molecular weight is 254 g/mol. The lowest BCUT2D eigenvalue weighted by Gasteiger charge is -2.41. The lowest BCUT2D eigenvalue weighted by Crippen LogP contribution is -2.54. The second-order valence-corrected chi connectivity index (χ2v) is 4.88. The van der Waals surface area contributed by atoms with Crippen LogP contribution in [0.25, 0.3) is 0 Å². The molecule has 0 aromatic heterocycles. The predicted octanol–water partition coefficient (Wildman–Crippen LogP) is 1.94. The number of carboxylic acids is 1. The van der Waals surface area contributed by atoms with Crippen LogP contribution in [0.3, 0.4) is 0 Å². The summed E-state index contributed by atoms with van der Waals surface area (Å²) < 4.78 is 0. The summed E-state index contributed by atoms with van der Waals surface area (Å²) >= 11 is 0. The van der Waals surface area contributed by atoms with Gasteiger partial charge in [-0.1, -0.05) is 6.08 Å². The van der Waals surface area contributed by atoms with Crippen molar-refractivity contribution in [3.63, 3.8) is 0 Å². The zero-order valence-electron chi connectivity index (χ0n) is 11.1. The monoisotopic (exact) mass is 254 g/mol. The Hall–Kier alpha value is -1.52. The molecule has 1 aliphatic rings. The van der Waals surface area contributed by atoms with Crippen molar-refractivity contribution >= 4 is 12.0 Å². The molecule has 0 bridgehead atoms. The number of hydrogen-bond acceptors (Lipinski definition) is 2. The van der Waals surface area contributed by atoms with Gasteiger partial charge >= 0.3 is 12.0 Å². The highest BCUT2D eigenvalue weighted by molar-refractivity contribution is 5.80. The number of likely N-dealkylation sites (tertiary alicyclic amines) is 1. The molecule has 18 heavy (non-hydrogen) atoms. The van der Waals surface area contributed by atoms with Crippen molar-refractivity contribution in [2.45, 2.75) is 45.2 Å². The summed E-state index contributed by atoms with van der Waals surface area (Å²) in [6.45, 7) is 7.58. The average Bonchev–Trinajstić information content (AvgIpc) is 2.27. The minimum Gasteiger partial charge on any atom is -0.480 e. The number of carbonyl (C=O) groups excluding carboxylic acids is 1. The maximum absolute atomic E-state index is 12.4. The van der Waals surface area contributed by atoms with E-state index in [2.05, 4.69) is 6.58 Å². The highest BCUT2D eigenvalue weighted by Gasteiger charge is 2.32. The van der Waals surface area contributed by atoms with Crippen LogP contribution >= 0.6 is 0 Å². The van der Waals surface area contributed by atoms with Crippen LogP contribution in [0, 0.1) is 0 Å². The quantitative estimate of drug-likeness (QED) is 0.780. The molecule has 1 fully saturated rings. The van der Waals surface area contributed by atoms with Gasteiger partial charge in [0.1, 0.15) is 6.54 Å². The molecule has 0 saturated carbocycles. The van der Waals surface area contributed by atoms with Gasteiger partial charge < -0.3 is 14.9 Å². The number of amides is 2. The van der Waals surface area contributed by atoms with Gasteiger partial charge in [-0.05, 0) is 33.1 Å². The van der Waals surface area contributed by atoms with Crippen molar-refractivity contribution in [3.05, 3.63) is 12.7 Å². The molecule has 0 aromatic rings. The SMILES string of the molecule is C=CCN(CC(=O)O)C(=O)N1[C@H](C)CCC[C@@H]1C. The Morgan fingerprint density at radius 1 is 1.39 bits per heavy atom. The van der Waals surface area contributed by atoms with E-state index in [0.717, 1.165) is 19.3 Å². The van der Waals surface area contributed by atoms with E-state index in [9.17, 15) is 9.59 Å². The maximum atomic E-state index is 12.4. The van der Waals surface area contributed by atoms with Crippen LogP contribution in [0.2, 0.25) is 0 Å². The molecule has 0 aliphatic carbocycles. The van der Waals surface area contributed by atoms with E-state index >= 15 is 0 Å². The zero-order valence-corrected chi connectivity index (χ0v) is 11.1. The number of carbonyl (C=O) groups is 2. The van der Waals surface area contributed by atoms with Crippen molar-refractivity contribution < 1.29 is 14.7 Å². The van der Waals surface area contributed by atoms with Crippen LogP contribution < -0.4 is 0 Å². The molecule has 2 amide bonds. The van der Waals surface area contributed by atoms with Crippen LogP contribution in [0.4, 0.5) is 4.79 Å². The van der Waals surface area contributed by atoms with Gasteiger partial charge in [-0.2, -0.15) is 0 Å². The number of nitrogens with zero attached hydrogens (tertiary/aromatic N) is 2. The first-order chi connectivity index (χ1) is 8.47. The lowest BCUT2D eigenvalue weighted by molar-refractivity contribution is -0.137. The van der Waals surface area contributed by atoms with Gasteiger partial charge in [-0.15, -0.1) is 6.58 Å². The van der Waals surface area contributed by atoms with Crippen molar-refractivity contribution in [2.24, 2.45) is 0 Å². The Balaban J connectivity index is 2.79. The Labute approximate surface area is 108 Å². The topological polar surface area (TPSA) is 60.9 Å². The molecule has 0 radical (unpaired) electrons. The smallest absolute Gasteiger partial charge is 0.323 e. The van der Waals surface area contributed by atoms with Gasteiger partial charge in [0.05, 0.1) is 0 Å². The summed E-state index contributed by atoms with van der Waals surface area (Å²) in [5.41, 5.74) is 0. The standard InChI is InChI=1S/C13H22N2O3/c1-4-8-14(9-12(16)17)13(18)15-10(2)6-5-7-11(15)3/h4,10-11H,1,5-9H2,2-3H3,(H,16,17)/t10-,11+. The first kappa shape index (κ1) is 14.5. The summed E-state index contributed by atoms with van der Waals surface area (Å²) in [6.07, 6.45) is 4.63. The first-order valence-electron chi connectivity index (χ1n) is 6.37. The number of hydrogen-bond donors (Lipinski definition) is 1. The third-order valence-corrected chi connectivity index (χ3v) is 3.36. The summed E-state index contributed by atoms with van der Waals surface area (Å²) in [4.78, 5) is 26.3. The fourth-order valence-electron chi connectivity index (χ4n) is 2.49. The molecular weight excluding hydrogens is 232 g/mol. The highest BCUT2D eigenvalue weighted by atomic mass is 16.4. The fraction of sp³-hybridized carbons (Fsp3) is 0.692. The Morgan fingerprint density at radius 3 is 2.39 bits per heavy atom. The molecule has 1 rings (SSSR count). The van der Waals surface area contributed by atoms with Crippen LogP contribution in [0.15, 0.2) is 12.7 Å². The molecule has 5 heteroatoms. The Kier molecular flexibility index (Phi) is 5.19. The van der Waals surface area contributed by atoms with Gasteiger partial charge in [-0.3, -0.25) is 4.79 Å². The van der Waals surface area contributed by atoms with E-state index in [-0.39, 0.29) is 31.2 Å². The zero-order chi connectivity index (χ0) is 13.7. The molecule has 2 atom stereocenters. The predicted molar refractivity (Wildman–Crippen MR) is 69.4 cm³/mol. The van der Waals surface area contributed by atoms with E-state index in [1.54, 1.807) is 11.0 Å². The molecule has 102 valence electrons. The summed E-state index contributed by atoms with van der Waals surface area (Å²) in [7, 11) is 0. The molecule has 0 spiro atoms. The van der Waals surface area contributed by atoms with Crippen LogP contribution in [0.5, 0.6) is 0 Å². The van der Waals surface area contributed by atoms with E-state index in [1.807, 2.05) is 13.8 Å². The van der Waals surface area contributed by atoms with Crippen LogP contribution in [-0.2, 0) is 4.79 Å². The number of piperidine rings is 1. The first-order valence-corrected chi connectivity index (χ1v) is 6.37. The van der Waals surface area contributed by atoms with Crippen molar-refractivity contribution in [1.29, 1.82) is 0 Å². The Bertz CT molecular complexity index is 320. The normalized spacial score (nSPS) is 23.6. The van der Waals surface area contributed by atoms with Crippen molar-refractivity contribution in [3.8, 4) is 0 Å². The van der Waals surface area contributed by atoms with Crippen LogP contribution in [-0.4, -0.2) is 52.1 Å². The second-order valence-electron chi connectivity index (χ2n) is 4.88. The van der Waals surface area contributed by atoms with Crippen molar-refractivity contribution in [2.75, 3.05) is 13.1 Å².